The van der Waals surface area contributed by atoms with E-state index in [0.29, 0.717) is 49.0 Å². The van der Waals surface area contributed by atoms with Crippen molar-refractivity contribution in [3.05, 3.63) is 58.4 Å². The SMILES string of the molecule is Cc1cncc(-c2c(Cl)ccc3c(S(=O)Nc4nc(C)c(CC(F)F)c(C)n4)c[nH]c23)n1. The molecule has 11 heteroatoms. The Kier molecular flexibility index (Phi) is 6.16. The van der Waals surface area contributed by atoms with Gasteiger partial charge in [-0.1, -0.05) is 17.7 Å². The van der Waals surface area contributed by atoms with Crippen molar-refractivity contribution < 1.29 is 13.0 Å². The van der Waals surface area contributed by atoms with E-state index in [-0.39, 0.29) is 5.95 Å². The lowest BCUT2D eigenvalue weighted by molar-refractivity contribution is 0.148. The lowest BCUT2D eigenvalue weighted by atomic mass is 10.1. The standard InChI is InChI=1S/C21H19ClF2N6OS/c1-10-7-25-8-16(27-10)19-15(22)5-4-13-17(9-26-20(13)19)32(31)30-21-28-11(2)14(6-18(23)24)12(3)29-21/h4-5,7-9,18,26H,6H2,1-3H3,(H,28,29,30). The van der Waals surface area contributed by atoms with Gasteiger partial charge in [0.15, 0.2) is 11.0 Å². The van der Waals surface area contributed by atoms with Crippen LogP contribution >= 0.6 is 11.6 Å². The molecule has 0 radical (unpaired) electrons. The predicted octanol–water partition coefficient (Wildman–Crippen LogP) is 4.94. The Morgan fingerprint density at radius 3 is 2.50 bits per heavy atom. The van der Waals surface area contributed by atoms with Crippen LogP contribution in [0.3, 0.4) is 0 Å². The maximum Gasteiger partial charge on any atom is 0.242 e. The van der Waals surface area contributed by atoms with E-state index in [1.165, 1.54) is 0 Å². The highest BCUT2D eigenvalue weighted by atomic mass is 35.5. The average molecular weight is 477 g/mol. The number of hydrogen-bond donors (Lipinski definition) is 2. The smallest absolute Gasteiger partial charge is 0.242 e. The molecule has 0 aliphatic rings. The van der Waals surface area contributed by atoms with E-state index in [9.17, 15) is 13.0 Å². The number of benzene rings is 1. The van der Waals surface area contributed by atoms with E-state index >= 15 is 0 Å². The summed E-state index contributed by atoms with van der Waals surface area (Å²) in [4.78, 5) is 20.7. The Morgan fingerprint density at radius 2 is 1.84 bits per heavy atom. The summed E-state index contributed by atoms with van der Waals surface area (Å²) in [5.74, 6) is 0.101. The van der Waals surface area contributed by atoms with Crippen LogP contribution in [0.1, 0.15) is 22.6 Å². The summed E-state index contributed by atoms with van der Waals surface area (Å²) in [6.07, 6.45) is 1.96. The Balaban J connectivity index is 1.69. The molecule has 32 heavy (non-hydrogen) atoms. The molecule has 1 unspecified atom stereocenters. The number of fused-ring (bicyclic) bond motifs is 1. The second-order valence-electron chi connectivity index (χ2n) is 7.21. The minimum absolute atomic E-state index is 0.101. The minimum atomic E-state index is -2.49. The molecule has 3 aromatic heterocycles. The molecule has 0 aliphatic heterocycles. The molecule has 0 amide bonds. The molecule has 166 valence electrons. The highest BCUT2D eigenvalue weighted by molar-refractivity contribution is 7.86. The molecule has 1 atom stereocenters. The van der Waals surface area contributed by atoms with Gasteiger partial charge in [-0.2, -0.15) is 0 Å². The van der Waals surface area contributed by atoms with Gasteiger partial charge in [-0.05, 0) is 26.8 Å². The third-order valence-electron chi connectivity index (χ3n) is 4.94. The summed E-state index contributed by atoms with van der Waals surface area (Å²) >= 11 is 6.44. The molecule has 3 heterocycles. The van der Waals surface area contributed by atoms with Crippen molar-refractivity contribution in [1.82, 2.24) is 24.9 Å². The van der Waals surface area contributed by atoms with E-state index < -0.39 is 23.8 Å². The summed E-state index contributed by atoms with van der Waals surface area (Å²) in [7, 11) is -1.72. The molecule has 0 saturated heterocycles. The first kappa shape index (κ1) is 22.2. The van der Waals surface area contributed by atoms with Gasteiger partial charge >= 0.3 is 0 Å². The van der Waals surface area contributed by atoms with Gasteiger partial charge in [0.2, 0.25) is 12.4 Å². The largest absolute Gasteiger partial charge is 0.359 e. The first-order valence-corrected chi connectivity index (χ1v) is 11.2. The van der Waals surface area contributed by atoms with Crippen LogP contribution < -0.4 is 4.72 Å². The fourth-order valence-corrected chi connectivity index (χ4v) is 4.67. The topological polar surface area (TPSA) is 96.5 Å². The second-order valence-corrected chi connectivity index (χ2v) is 8.79. The van der Waals surface area contributed by atoms with Crippen molar-refractivity contribution in [3.8, 4) is 11.3 Å². The lowest BCUT2D eigenvalue weighted by Gasteiger charge is -2.11. The Bertz CT molecular complexity index is 1320. The van der Waals surface area contributed by atoms with Crippen LogP contribution in [-0.2, 0) is 17.4 Å². The molecule has 0 bridgehead atoms. The number of H-pyrrole nitrogens is 1. The number of alkyl halides is 2. The van der Waals surface area contributed by atoms with Crippen molar-refractivity contribution in [1.29, 1.82) is 0 Å². The zero-order chi connectivity index (χ0) is 23.0. The van der Waals surface area contributed by atoms with Gasteiger partial charge in [-0.25, -0.2) is 27.9 Å². The van der Waals surface area contributed by atoms with E-state index in [4.69, 9.17) is 11.6 Å². The quantitative estimate of drug-likeness (QED) is 0.411. The van der Waals surface area contributed by atoms with Crippen molar-refractivity contribution >= 4 is 39.4 Å². The number of nitrogens with one attached hydrogen (secondary N) is 2. The van der Waals surface area contributed by atoms with E-state index in [0.717, 1.165) is 5.69 Å². The lowest BCUT2D eigenvalue weighted by Crippen LogP contribution is -2.12. The zero-order valence-electron chi connectivity index (χ0n) is 17.4. The van der Waals surface area contributed by atoms with Crippen LogP contribution in [0.5, 0.6) is 0 Å². The summed E-state index contributed by atoms with van der Waals surface area (Å²) < 4.78 is 41.4. The molecule has 0 fully saturated rings. The molecule has 1 aromatic carbocycles. The van der Waals surface area contributed by atoms with Crippen LogP contribution in [0.2, 0.25) is 5.02 Å². The third kappa shape index (κ3) is 4.33. The Morgan fingerprint density at radius 1 is 1.12 bits per heavy atom. The number of hydrogen-bond acceptors (Lipinski definition) is 5. The number of rotatable bonds is 6. The maximum absolute atomic E-state index is 13.1. The highest BCUT2D eigenvalue weighted by Crippen LogP contribution is 2.35. The van der Waals surface area contributed by atoms with Crippen LogP contribution in [0, 0.1) is 20.8 Å². The fourth-order valence-electron chi connectivity index (χ4n) is 3.51. The number of halogens is 3. The summed E-state index contributed by atoms with van der Waals surface area (Å²) in [6.45, 7) is 5.09. The van der Waals surface area contributed by atoms with Gasteiger partial charge < -0.3 is 4.98 Å². The number of aromatic nitrogens is 5. The summed E-state index contributed by atoms with van der Waals surface area (Å²) in [5.41, 5.74) is 3.89. The number of nitrogens with zero attached hydrogens (tertiary/aromatic N) is 4. The van der Waals surface area contributed by atoms with E-state index in [2.05, 4.69) is 29.6 Å². The number of aromatic amines is 1. The molecule has 0 saturated carbocycles. The molecule has 0 spiro atoms. The maximum atomic E-state index is 13.1. The van der Waals surface area contributed by atoms with E-state index in [1.807, 2.05) is 6.92 Å². The van der Waals surface area contributed by atoms with Gasteiger partial charge in [0.1, 0.15) is 0 Å². The first-order chi connectivity index (χ1) is 15.2. The third-order valence-corrected chi connectivity index (χ3v) is 6.36. The molecular formula is C21H19ClF2N6OS. The minimum Gasteiger partial charge on any atom is -0.359 e. The number of aryl methyl sites for hydroxylation is 3. The number of anilines is 1. The Hall–Kier alpha value is -2.98. The molecule has 4 rings (SSSR count). The van der Waals surface area contributed by atoms with Crippen molar-refractivity contribution in [3.63, 3.8) is 0 Å². The van der Waals surface area contributed by atoms with Crippen LogP contribution in [-0.4, -0.2) is 35.6 Å². The normalized spacial score (nSPS) is 12.5. The molecular weight excluding hydrogens is 458 g/mol. The molecule has 4 aromatic rings. The van der Waals surface area contributed by atoms with Gasteiger partial charge in [0.25, 0.3) is 0 Å². The summed E-state index contributed by atoms with van der Waals surface area (Å²) in [5, 5.41) is 1.16. The average Bonchev–Trinajstić information content (AvgIpc) is 3.14. The zero-order valence-corrected chi connectivity index (χ0v) is 19.0. The van der Waals surface area contributed by atoms with Crippen LogP contribution in [0.25, 0.3) is 22.2 Å². The van der Waals surface area contributed by atoms with Crippen molar-refractivity contribution in [2.24, 2.45) is 0 Å². The van der Waals surface area contributed by atoms with Crippen LogP contribution in [0.15, 0.2) is 35.6 Å². The fraction of sp³-hybridized carbons (Fsp3) is 0.238. The van der Waals surface area contributed by atoms with Gasteiger partial charge in [0, 0.05) is 46.7 Å². The molecule has 0 aliphatic carbocycles. The Labute approximate surface area is 190 Å². The highest BCUT2D eigenvalue weighted by Gasteiger charge is 2.19. The predicted molar refractivity (Wildman–Crippen MR) is 120 cm³/mol. The molecule has 7 nitrogen and oxygen atoms in total. The first-order valence-electron chi connectivity index (χ1n) is 9.64. The van der Waals surface area contributed by atoms with Gasteiger partial charge in [-0.3, -0.25) is 9.71 Å². The summed E-state index contributed by atoms with van der Waals surface area (Å²) in [6, 6.07) is 3.47. The monoisotopic (exact) mass is 476 g/mol. The molecule has 2 N–H and O–H groups in total. The van der Waals surface area contributed by atoms with E-state index in [1.54, 1.807) is 44.6 Å². The van der Waals surface area contributed by atoms with Crippen molar-refractivity contribution in [2.75, 3.05) is 4.72 Å². The van der Waals surface area contributed by atoms with Crippen molar-refractivity contribution in [2.45, 2.75) is 38.5 Å². The van der Waals surface area contributed by atoms with Crippen LogP contribution in [0.4, 0.5) is 14.7 Å². The second kappa shape index (κ2) is 8.87. The van der Waals surface area contributed by atoms with Gasteiger partial charge in [0.05, 0.1) is 33.0 Å². The van der Waals surface area contributed by atoms with Gasteiger partial charge in [-0.15, -0.1) is 0 Å².